The zero-order valence-electron chi connectivity index (χ0n) is 16.8. The quantitative estimate of drug-likeness (QED) is 0.497. The van der Waals surface area contributed by atoms with Crippen molar-refractivity contribution in [2.24, 2.45) is 0 Å². The number of rotatable bonds is 8. The van der Waals surface area contributed by atoms with E-state index in [2.05, 4.69) is 20.6 Å². The molecule has 0 aliphatic rings. The summed E-state index contributed by atoms with van der Waals surface area (Å²) in [7, 11) is 3.90. The van der Waals surface area contributed by atoms with Gasteiger partial charge in [0, 0.05) is 36.3 Å². The van der Waals surface area contributed by atoms with Gasteiger partial charge in [0.2, 0.25) is 0 Å². The van der Waals surface area contributed by atoms with E-state index < -0.39 is 0 Å². The van der Waals surface area contributed by atoms with Crippen molar-refractivity contribution in [1.82, 2.24) is 20.2 Å². The van der Waals surface area contributed by atoms with Crippen LogP contribution in [0.4, 0.5) is 10.9 Å². The number of nitrogens with one attached hydrogen (secondary N) is 2. The van der Waals surface area contributed by atoms with Gasteiger partial charge in [-0.25, -0.2) is 9.97 Å². The minimum Gasteiger partial charge on any atom is -0.456 e. The first-order valence-electron chi connectivity index (χ1n) is 8.96. The normalized spacial score (nSPS) is 10.4. The minimum atomic E-state index is -0.176. The lowest BCUT2D eigenvalue weighted by atomic mass is 10.2. The summed E-state index contributed by atoms with van der Waals surface area (Å²) >= 11 is 7.76. The van der Waals surface area contributed by atoms with Gasteiger partial charge in [0.05, 0.1) is 10.7 Å². The van der Waals surface area contributed by atoms with Crippen LogP contribution in [0.25, 0.3) is 0 Å². The van der Waals surface area contributed by atoms with Crippen molar-refractivity contribution in [2.45, 2.75) is 6.92 Å². The van der Waals surface area contributed by atoms with Crippen LogP contribution in [0.1, 0.15) is 16.1 Å². The molecule has 1 aromatic carbocycles. The molecule has 0 bridgehead atoms. The molecule has 2 aromatic heterocycles. The number of anilines is 2. The molecule has 0 aliphatic carbocycles. The van der Waals surface area contributed by atoms with Crippen molar-refractivity contribution in [3.05, 3.63) is 58.2 Å². The molecule has 10 heteroatoms. The van der Waals surface area contributed by atoms with Crippen LogP contribution in [0.15, 0.2) is 41.9 Å². The third kappa shape index (κ3) is 6.84. The number of carbonyl (C=O) groups is 1. The van der Waals surface area contributed by atoms with Crippen molar-refractivity contribution >= 4 is 52.2 Å². The van der Waals surface area contributed by atoms with Crippen LogP contribution < -0.4 is 15.4 Å². The van der Waals surface area contributed by atoms with E-state index in [-0.39, 0.29) is 18.3 Å². The molecule has 2 N–H and O–H groups in total. The van der Waals surface area contributed by atoms with Crippen molar-refractivity contribution in [2.75, 3.05) is 32.5 Å². The third-order valence-corrected chi connectivity index (χ3v) is 5.04. The number of halogens is 2. The Kier molecular flexibility index (Phi) is 8.86. The van der Waals surface area contributed by atoms with E-state index in [0.717, 1.165) is 17.4 Å². The highest BCUT2D eigenvalue weighted by Gasteiger charge is 2.11. The van der Waals surface area contributed by atoms with E-state index in [4.69, 9.17) is 16.3 Å². The zero-order valence-corrected chi connectivity index (χ0v) is 19.2. The van der Waals surface area contributed by atoms with Crippen LogP contribution in [0, 0.1) is 6.92 Å². The average molecular weight is 468 g/mol. The fraction of sp³-hybridized carbons (Fsp3) is 0.250. The van der Waals surface area contributed by atoms with E-state index in [1.165, 1.54) is 11.3 Å². The van der Waals surface area contributed by atoms with Crippen LogP contribution in [0.3, 0.4) is 0 Å². The Balaban J connectivity index is 0.00000320. The number of aromatic nitrogens is 2. The number of aryl methyl sites for hydroxylation is 1. The Bertz CT molecular complexity index is 997. The number of likely N-dealkylation sites (N-methyl/N-ethyl adjacent to an activating group) is 1. The van der Waals surface area contributed by atoms with Gasteiger partial charge in [-0.3, -0.25) is 4.79 Å². The topological polar surface area (TPSA) is 79.4 Å². The number of benzene rings is 1. The summed E-state index contributed by atoms with van der Waals surface area (Å²) in [6.45, 7) is 3.24. The number of thiazole rings is 1. The predicted octanol–water partition coefficient (Wildman–Crippen LogP) is 4.75. The van der Waals surface area contributed by atoms with E-state index in [1.807, 2.05) is 31.3 Å². The first-order valence-corrected chi connectivity index (χ1v) is 10.2. The fourth-order valence-corrected chi connectivity index (χ4v) is 3.26. The van der Waals surface area contributed by atoms with E-state index in [9.17, 15) is 4.79 Å². The molecule has 0 saturated heterocycles. The van der Waals surface area contributed by atoms with Gasteiger partial charge in [-0.05, 0) is 45.3 Å². The Morgan fingerprint density at radius 2 is 2.07 bits per heavy atom. The van der Waals surface area contributed by atoms with Crippen LogP contribution in [-0.4, -0.2) is 48.0 Å². The molecule has 0 fully saturated rings. The summed E-state index contributed by atoms with van der Waals surface area (Å²) in [6.07, 6.45) is 1.63. The van der Waals surface area contributed by atoms with Gasteiger partial charge in [0.15, 0.2) is 5.13 Å². The molecule has 7 nitrogen and oxygen atoms in total. The molecule has 30 heavy (non-hydrogen) atoms. The number of carbonyl (C=O) groups excluding carboxylic acids is 1. The fourth-order valence-electron chi connectivity index (χ4n) is 2.41. The molecule has 0 spiro atoms. The summed E-state index contributed by atoms with van der Waals surface area (Å²) < 4.78 is 5.91. The molecular formula is C20H23Cl2N5O2S. The van der Waals surface area contributed by atoms with Crippen LogP contribution in [-0.2, 0) is 0 Å². The van der Waals surface area contributed by atoms with Crippen LogP contribution in [0.2, 0.25) is 5.02 Å². The molecule has 160 valence electrons. The number of hydrogen-bond donors (Lipinski definition) is 2. The Labute approximate surface area is 190 Å². The lowest BCUT2D eigenvalue weighted by Crippen LogP contribution is -2.31. The number of hydrogen-bond acceptors (Lipinski definition) is 7. The van der Waals surface area contributed by atoms with Crippen LogP contribution in [0.5, 0.6) is 11.5 Å². The van der Waals surface area contributed by atoms with Crippen molar-refractivity contribution in [3.63, 3.8) is 0 Å². The molecule has 0 saturated carbocycles. The monoisotopic (exact) mass is 467 g/mol. The first kappa shape index (κ1) is 23.9. The second kappa shape index (κ2) is 11.1. The van der Waals surface area contributed by atoms with E-state index in [0.29, 0.717) is 34.4 Å². The minimum absolute atomic E-state index is 0. The lowest BCUT2D eigenvalue weighted by molar-refractivity contribution is 0.0950. The maximum absolute atomic E-state index is 12.3. The molecule has 2 heterocycles. The summed E-state index contributed by atoms with van der Waals surface area (Å²) in [5, 5.41) is 9.14. The average Bonchev–Trinajstić information content (AvgIpc) is 3.08. The Morgan fingerprint density at radius 1 is 1.27 bits per heavy atom. The number of nitrogens with zero attached hydrogens (tertiary/aromatic N) is 3. The van der Waals surface area contributed by atoms with Crippen LogP contribution >= 0.6 is 35.3 Å². The maximum Gasteiger partial charge on any atom is 0.251 e. The van der Waals surface area contributed by atoms with Gasteiger partial charge in [0.1, 0.15) is 17.3 Å². The highest BCUT2D eigenvalue weighted by atomic mass is 35.5. The van der Waals surface area contributed by atoms with Gasteiger partial charge in [-0.15, -0.1) is 23.7 Å². The van der Waals surface area contributed by atoms with Crippen molar-refractivity contribution in [3.8, 4) is 11.5 Å². The second-order valence-corrected chi connectivity index (χ2v) is 7.87. The first-order chi connectivity index (χ1) is 13.9. The number of ether oxygens (including phenoxy) is 1. The lowest BCUT2D eigenvalue weighted by Gasteiger charge is -2.12. The van der Waals surface area contributed by atoms with Crippen molar-refractivity contribution < 1.29 is 9.53 Å². The van der Waals surface area contributed by atoms with Crippen molar-refractivity contribution in [1.29, 1.82) is 0 Å². The number of pyridine rings is 1. The molecule has 0 radical (unpaired) electrons. The summed E-state index contributed by atoms with van der Waals surface area (Å²) in [5.41, 5.74) is 1.42. The largest absolute Gasteiger partial charge is 0.456 e. The smallest absolute Gasteiger partial charge is 0.251 e. The zero-order chi connectivity index (χ0) is 20.8. The van der Waals surface area contributed by atoms with Gasteiger partial charge >= 0.3 is 0 Å². The van der Waals surface area contributed by atoms with Gasteiger partial charge in [-0.2, -0.15) is 0 Å². The molecule has 1 amide bonds. The third-order valence-electron chi connectivity index (χ3n) is 3.85. The summed E-state index contributed by atoms with van der Waals surface area (Å²) in [4.78, 5) is 23.0. The van der Waals surface area contributed by atoms with Gasteiger partial charge < -0.3 is 20.3 Å². The SMILES string of the molecule is Cc1csc(Nc2cc(Oc3cc(C(=O)NCCN(C)C)ccc3Cl)ccn2)n1.Cl. The number of amides is 1. The Hall–Kier alpha value is -2.39. The van der Waals surface area contributed by atoms with Gasteiger partial charge in [0.25, 0.3) is 5.91 Å². The van der Waals surface area contributed by atoms with E-state index >= 15 is 0 Å². The highest BCUT2D eigenvalue weighted by Crippen LogP contribution is 2.31. The molecule has 3 aromatic rings. The summed E-state index contributed by atoms with van der Waals surface area (Å²) in [5.74, 6) is 1.37. The van der Waals surface area contributed by atoms with Gasteiger partial charge in [-0.1, -0.05) is 11.6 Å². The second-order valence-electron chi connectivity index (χ2n) is 6.60. The van der Waals surface area contributed by atoms with E-state index in [1.54, 1.807) is 36.5 Å². The highest BCUT2D eigenvalue weighted by molar-refractivity contribution is 7.13. The molecule has 0 unspecified atom stereocenters. The molecular weight excluding hydrogens is 445 g/mol. The molecule has 0 atom stereocenters. The summed E-state index contributed by atoms with van der Waals surface area (Å²) in [6, 6.07) is 8.42. The molecule has 3 rings (SSSR count). The standard InChI is InChI=1S/C20H22ClN5O2S.ClH/c1-13-12-29-20(24-13)25-18-11-15(6-7-22-18)28-17-10-14(4-5-16(17)21)19(27)23-8-9-26(2)3;/h4-7,10-12H,8-9H2,1-3H3,(H,23,27)(H,22,24,25);1H. The Morgan fingerprint density at radius 3 is 2.77 bits per heavy atom. The predicted molar refractivity (Wildman–Crippen MR) is 124 cm³/mol. The maximum atomic E-state index is 12.3. The molecule has 0 aliphatic heterocycles.